The highest BCUT2D eigenvalue weighted by Gasteiger charge is 2.27. The van der Waals surface area contributed by atoms with Crippen LogP contribution in [0.4, 0.5) is 5.82 Å². The number of benzene rings is 1. The van der Waals surface area contributed by atoms with Crippen molar-refractivity contribution in [1.82, 2.24) is 19.9 Å². The lowest BCUT2D eigenvalue weighted by atomic mass is 10.0. The Hall–Kier alpha value is -3.09. The van der Waals surface area contributed by atoms with Gasteiger partial charge in [0.1, 0.15) is 23.5 Å². The van der Waals surface area contributed by atoms with Gasteiger partial charge in [0.05, 0.1) is 12.5 Å². The number of rotatable bonds is 4. The maximum atomic E-state index is 12.7. The molecule has 0 unspecified atom stereocenters. The molecule has 1 amide bonds. The van der Waals surface area contributed by atoms with E-state index in [0.717, 1.165) is 48.5 Å². The molecule has 3 aromatic rings. The molecule has 0 bridgehead atoms. The maximum absolute atomic E-state index is 12.7. The summed E-state index contributed by atoms with van der Waals surface area (Å²) in [5.41, 5.74) is 1.55. The topological polar surface area (TPSA) is 74.3 Å². The van der Waals surface area contributed by atoms with Crippen LogP contribution in [0.2, 0.25) is 0 Å². The number of carbonyl (C=O) groups is 1. The molecule has 1 aliphatic heterocycles. The zero-order chi connectivity index (χ0) is 18.8. The number of amides is 1. The van der Waals surface area contributed by atoms with E-state index in [-0.39, 0.29) is 5.91 Å². The number of piperidine rings is 1. The Bertz CT molecular complexity index is 929. The highest BCUT2D eigenvalue weighted by Crippen LogP contribution is 2.26. The second kappa shape index (κ2) is 7.26. The monoisotopic (exact) mass is 365 g/mol. The molecule has 1 aliphatic rings. The number of fused-ring (bicyclic) bond motifs is 1. The van der Waals surface area contributed by atoms with Crippen LogP contribution in [0.25, 0.3) is 11.0 Å². The predicted octanol–water partition coefficient (Wildman–Crippen LogP) is 2.71. The smallest absolute Gasteiger partial charge is 0.253 e. The van der Waals surface area contributed by atoms with E-state index < -0.39 is 0 Å². The minimum Gasteiger partial charge on any atom is -0.497 e. The molecule has 4 rings (SSSR count). The molecule has 0 aliphatic carbocycles. The predicted molar refractivity (Wildman–Crippen MR) is 104 cm³/mol. The summed E-state index contributed by atoms with van der Waals surface area (Å²) in [4.78, 5) is 28.7. The van der Waals surface area contributed by atoms with E-state index in [9.17, 15) is 4.79 Å². The van der Waals surface area contributed by atoms with Crippen LogP contribution >= 0.6 is 0 Å². The molecule has 7 heteroatoms. The lowest BCUT2D eigenvalue weighted by molar-refractivity contribution is 0.0713. The Labute approximate surface area is 158 Å². The van der Waals surface area contributed by atoms with Gasteiger partial charge in [-0.2, -0.15) is 0 Å². The first-order valence-electron chi connectivity index (χ1n) is 9.11. The summed E-state index contributed by atoms with van der Waals surface area (Å²) >= 11 is 0. The molecule has 7 nitrogen and oxygen atoms in total. The van der Waals surface area contributed by atoms with Gasteiger partial charge in [0.15, 0.2) is 0 Å². The fraction of sp³-hybridized carbons (Fsp3) is 0.350. The van der Waals surface area contributed by atoms with Gasteiger partial charge in [-0.3, -0.25) is 4.79 Å². The third-order valence-electron chi connectivity index (χ3n) is 5.30. The normalized spacial score (nSPS) is 15.1. The zero-order valence-corrected chi connectivity index (χ0v) is 15.6. The molecule has 3 heterocycles. The number of methoxy groups -OCH3 is 1. The maximum Gasteiger partial charge on any atom is 0.253 e. The fourth-order valence-electron chi connectivity index (χ4n) is 3.69. The van der Waals surface area contributed by atoms with E-state index >= 15 is 0 Å². The largest absolute Gasteiger partial charge is 0.497 e. The Morgan fingerprint density at radius 3 is 2.63 bits per heavy atom. The van der Waals surface area contributed by atoms with E-state index in [1.807, 2.05) is 41.4 Å². The van der Waals surface area contributed by atoms with Crippen molar-refractivity contribution >= 4 is 22.8 Å². The first-order valence-corrected chi connectivity index (χ1v) is 9.11. The van der Waals surface area contributed by atoms with Crippen molar-refractivity contribution in [2.24, 2.45) is 0 Å². The summed E-state index contributed by atoms with van der Waals surface area (Å²) in [5, 5.41) is 1.02. The number of nitrogens with one attached hydrogen (secondary N) is 1. The number of aromatic nitrogens is 3. The van der Waals surface area contributed by atoms with Gasteiger partial charge >= 0.3 is 0 Å². The summed E-state index contributed by atoms with van der Waals surface area (Å²) in [6.07, 6.45) is 5.29. The Kier molecular flexibility index (Phi) is 4.66. The van der Waals surface area contributed by atoms with Crippen LogP contribution in [0.3, 0.4) is 0 Å². The van der Waals surface area contributed by atoms with Gasteiger partial charge in [0.2, 0.25) is 0 Å². The van der Waals surface area contributed by atoms with Gasteiger partial charge in [-0.15, -0.1) is 0 Å². The average molecular weight is 365 g/mol. The van der Waals surface area contributed by atoms with E-state index in [1.54, 1.807) is 13.4 Å². The van der Waals surface area contributed by atoms with Crippen molar-refractivity contribution in [3.05, 3.63) is 48.4 Å². The molecule has 1 fully saturated rings. The summed E-state index contributed by atoms with van der Waals surface area (Å²) in [5.74, 6) is 1.77. The van der Waals surface area contributed by atoms with Crippen LogP contribution < -0.4 is 9.64 Å². The van der Waals surface area contributed by atoms with Crippen molar-refractivity contribution in [1.29, 1.82) is 0 Å². The van der Waals surface area contributed by atoms with E-state index in [4.69, 9.17) is 4.74 Å². The minimum absolute atomic E-state index is 0.0776. The molecule has 2 aromatic heterocycles. The Morgan fingerprint density at radius 2 is 1.93 bits per heavy atom. The molecule has 1 saturated heterocycles. The number of ether oxygens (including phenoxy) is 1. The highest BCUT2D eigenvalue weighted by molar-refractivity contribution is 5.94. The third kappa shape index (κ3) is 3.32. The third-order valence-corrected chi connectivity index (χ3v) is 5.30. The molecule has 1 aromatic carbocycles. The van der Waals surface area contributed by atoms with Gasteiger partial charge in [0, 0.05) is 37.9 Å². The van der Waals surface area contributed by atoms with Gasteiger partial charge in [0.25, 0.3) is 5.91 Å². The second-order valence-corrected chi connectivity index (χ2v) is 6.80. The molecule has 0 radical (unpaired) electrons. The number of carbonyl (C=O) groups excluding carboxylic acids is 1. The van der Waals surface area contributed by atoms with Crippen LogP contribution in [0.1, 0.15) is 23.2 Å². The number of H-pyrrole nitrogens is 1. The first kappa shape index (κ1) is 17.3. The quantitative estimate of drug-likeness (QED) is 0.769. The van der Waals surface area contributed by atoms with E-state index in [0.29, 0.717) is 11.6 Å². The lowest BCUT2D eigenvalue weighted by Crippen LogP contribution is -2.46. The number of hydrogen-bond acceptors (Lipinski definition) is 5. The van der Waals surface area contributed by atoms with Gasteiger partial charge in [-0.1, -0.05) is 0 Å². The first-order chi connectivity index (χ1) is 13.2. The van der Waals surface area contributed by atoms with Crippen LogP contribution in [0.5, 0.6) is 5.75 Å². The summed E-state index contributed by atoms with van der Waals surface area (Å²) in [7, 11) is 3.69. The van der Waals surface area contributed by atoms with E-state index in [1.165, 1.54) is 0 Å². The SMILES string of the molecule is COc1ccc(C(=O)N2CCC(N(C)c3ncnc4[nH]ccc34)CC2)cc1. The molecule has 0 spiro atoms. The molecule has 27 heavy (non-hydrogen) atoms. The fourth-order valence-corrected chi connectivity index (χ4v) is 3.69. The number of anilines is 1. The van der Waals surface area contributed by atoms with Gasteiger partial charge in [-0.25, -0.2) is 9.97 Å². The molecule has 0 atom stereocenters. The minimum atomic E-state index is 0.0776. The number of hydrogen-bond donors (Lipinski definition) is 1. The summed E-state index contributed by atoms with van der Waals surface area (Å²) < 4.78 is 5.16. The number of nitrogens with zero attached hydrogens (tertiary/aromatic N) is 4. The van der Waals surface area contributed by atoms with Crippen molar-refractivity contribution < 1.29 is 9.53 Å². The molecular formula is C20H23N5O2. The van der Waals surface area contributed by atoms with Crippen LogP contribution in [-0.2, 0) is 0 Å². The van der Waals surface area contributed by atoms with Crippen molar-refractivity contribution in [3.63, 3.8) is 0 Å². The van der Waals surface area contributed by atoms with E-state index in [2.05, 4.69) is 26.9 Å². The molecule has 140 valence electrons. The van der Waals surface area contributed by atoms with Crippen molar-refractivity contribution in [2.75, 3.05) is 32.1 Å². The summed E-state index contributed by atoms with van der Waals surface area (Å²) in [6.45, 7) is 1.47. The Balaban J connectivity index is 1.42. The van der Waals surface area contributed by atoms with Crippen molar-refractivity contribution in [2.45, 2.75) is 18.9 Å². The molecular weight excluding hydrogens is 342 g/mol. The number of likely N-dealkylation sites (tertiary alicyclic amines) is 1. The average Bonchev–Trinajstić information content (AvgIpc) is 3.22. The van der Waals surface area contributed by atoms with Crippen LogP contribution in [0.15, 0.2) is 42.9 Å². The van der Waals surface area contributed by atoms with Gasteiger partial charge < -0.3 is 19.5 Å². The second-order valence-electron chi connectivity index (χ2n) is 6.80. The summed E-state index contributed by atoms with van der Waals surface area (Å²) in [6, 6.07) is 9.64. The lowest BCUT2D eigenvalue weighted by Gasteiger charge is -2.37. The van der Waals surface area contributed by atoms with Crippen LogP contribution in [-0.4, -0.2) is 59.0 Å². The molecule has 0 saturated carbocycles. The van der Waals surface area contributed by atoms with Crippen molar-refractivity contribution in [3.8, 4) is 5.75 Å². The zero-order valence-electron chi connectivity index (χ0n) is 15.6. The van der Waals surface area contributed by atoms with Crippen LogP contribution in [0, 0.1) is 0 Å². The standard InChI is InChI=1S/C20H23N5O2/c1-24(19-17-7-10-21-18(17)22-13-23-19)15-8-11-25(12-9-15)20(26)14-3-5-16(27-2)6-4-14/h3-7,10,13,15H,8-9,11-12H2,1-2H3,(H,21,22,23). The number of aromatic amines is 1. The van der Waals surface area contributed by atoms with Gasteiger partial charge in [-0.05, 0) is 43.2 Å². The highest BCUT2D eigenvalue weighted by atomic mass is 16.5. The Morgan fingerprint density at radius 1 is 1.19 bits per heavy atom. The molecule has 1 N–H and O–H groups in total.